The third kappa shape index (κ3) is 4.29. The lowest BCUT2D eigenvalue weighted by Gasteiger charge is -2.15. The van der Waals surface area contributed by atoms with E-state index >= 15 is 0 Å². The number of anilines is 1. The number of nitrogens with one attached hydrogen (secondary N) is 1. The average molecular weight is 256 g/mol. The number of nitrogens with zero attached hydrogens (tertiary/aromatic N) is 1. The Morgan fingerprint density at radius 2 is 2.22 bits per heavy atom. The number of carboxylic acid groups (broad SMARTS) is 1. The molecule has 0 saturated heterocycles. The van der Waals surface area contributed by atoms with E-state index in [2.05, 4.69) is 10.3 Å². The van der Waals surface area contributed by atoms with Crippen LogP contribution in [0.4, 0.5) is 10.2 Å². The predicted octanol–water partition coefficient (Wildman–Crippen LogP) is 1.74. The van der Waals surface area contributed by atoms with Crippen molar-refractivity contribution in [1.82, 2.24) is 4.98 Å². The van der Waals surface area contributed by atoms with Crippen molar-refractivity contribution in [3.05, 3.63) is 23.6 Å². The molecule has 0 aliphatic heterocycles. The number of hydrogen-bond acceptors (Lipinski definition) is 4. The zero-order chi connectivity index (χ0) is 13.7. The normalized spacial score (nSPS) is 12.5. The zero-order valence-corrected chi connectivity index (χ0v) is 10.4. The zero-order valence-electron chi connectivity index (χ0n) is 10.4. The highest BCUT2D eigenvalue weighted by atomic mass is 19.1. The quantitative estimate of drug-likeness (QED) is 0.722. The molecule has 0 aliphatic carbocycles. The number of aromatic carboxylic acids is 1. The fourth-order valence-electron chi connectivity index (χ4n) is 1.59. The lowest BCUT2D eigenvalue weighted by molar-refractivity contribution is 0.0696. The van der Waals surface area contributed by atoms with Crippen molar-refractivity contribution >= 4 is 11.8 Å². The van der Waals surface area contributed by atoms with Crippen molar-refractivity contribution in [3.8, 4) is 0 Å². The molecule has 5 nitrogen and oxygen atoms in total. The summed E-state index contributed by atoms with van der Waals surface area (Å²) in [5, 5.41) is 21.3. The monoisotopic (exact) mass is 256 g/mol. The molecule has 100 valence electrons. The number of pyridine rings is 1. The molecule has 1 aromatic rings. The highest BCUT2D eigenvalue weighted by Gasteiger charge is 2.14. The van der Waals surface area contributed by atoms with E-state index in [1.54, 1.807) is 0 Å². The Hall–Kier alpha value is -1.69. The maximum Gasteiger partial charge on any atom is 0.339 e. The molecule has 3 N–H and O–H groups in total. The predicted molar refractivity (Wildman–Crippen MR) is 65.1 cm³/mol. The number of hydrogen-bond donors (Lipinski definition) is 3. The van der Waals surface area contributed by atoms with E-state index in [0.29, 0.717) is 12.3 Å². The van der Waals surface area contributed by atoms with Crippen LogP contribution in [0.15, 0.2) is 12.3 Å². The Morgan fingerprint density at radius 3 is 2.78 bits per heavy atom. The number of aliphatic hydroxyl groups excluding tert-OH is 1. The fourth-order valence-corrected chi connectivity index (χ4v) is 1.59. The largest absolute Gasteiger partial charge is 0.478 e. The molecule has 1 aromatic heterocycles. The van der Waals surface area contributed by atoms with Crippen LogP contribution in [0.25, 0.3) is 0 Å². The first-order valence-corrected chi connectivity index (χ1v) is 5.71. The topological polar surface area (TPSA) is 82.5 Å². The van der Waals surface area contributed by atoms with Gasteiger partial charge in [0.2, 0.25) is 0 Å². The smallest absolute Gasteiger partial charge is 0.339 e. The van der Waals surface area contributed by atoms with E-state index < -0.39 is 17.9 Å². The second kappa shape index (κ2) is 6.30. The molecule has 0 fully saturated rings. The van der Waals surface area contributed by atoms with Crippen molar-refractivity contribution in [1.29, 1.82) is 0 Å². The maximum absolute atomic E-state index is 12.9. The molecule has 0 saturated carbocycles. The van der Waals surface area contributed by atoms with Gasteiger partial charge < -0.3 is 15.5 Å². The summed E-state index contributed by atoms with van der Waals surface area (Å²) >= 11 is 0. The summed E-state index contributed by atoms with van der Waals surface area (Å²) in [5.74, 6) is -1.57. The van der Waals surface area contributed by atoms with Crippen molar-refractivity contribution in [2.75, 3.05) is 11.9 Å². The lowest BCUT2D eigenvalue weighted by atomic mass is 10.1. The van der Waals surface area contributed by atoms with Gasteiger partial charge in [0.15, 0.2) is 0 Å². The van der Waals surface area contributed by atoms with Gasteiger partial charge in [0.25, 0.3) is 0 Å². The van der Waals surface area contributed by atoms with Gasteiger partial charge in [-0.2, -0.15) is 0 Å². The van der Waals surface area contributed by atoms with Crippen molar-refractivity contribution in [2.45, 2.75) is 26.4 Å². The molecule has 0 radical (unpaired) electrons. The third-order valence-corrected chi connectivity index (χ3v) is 2.33. The van der Waals surface area contributed by atoms with Crippen molar-refractivity contribution in [3.63, 3.8) is 0 Å². The van der Waals surface area contributed by atoms with Crippen LogP contribution in [0.5, 0.6) is 0 Å². The summed E-state index contributed by atoms with van der Waals surface area (Å²) in [4.78, 5) is 14.6. The van der Waals surface area contributed by atoms with Gasteiger partial charge in [0.1, 0.15) is 17.2 Å². The van der Waals surface area contributed by atoms with Crippen LogP contribution in [-0.2, 0) is 0 Å². The molecule has 0 amide bonds. The van der Waals surface area contributed by atoms with Gasteiger partial charge in [0.05, 0.1) is 12.3 Å². The Morgan fingerprint density at radius 1 is 1.56 bits per heavy atom. The van der Waals surface area contributed by atoms with Crippen molar-refractivity contribution < 1.29 is 19.4 Å². The summed E-state index contributed by atoms with van der Waals surface area (Å²) in [6.07, 6.45) is 0.929. The van der Waals surface area contributed by atoms with E-state index in [9.17, 15) is 14.3 Å². The van der Waals surface area contributed by atoms with Crippen LogP contribution in [0.1, 0.15) is 30.6 Å². The van der Waals surface area contributed by atoms with E-state index in [1.807, 2.05) is 13.8 Å². The average Bonchev–Trinajstić information content (AvgIpc) is 2.26. The Bertz CT molecular complexity index is 424. The Balaban J connectivity index is 2.70. The van der Waals surface area contributed by atoms with Gasteiger partial charge >= 0.3 is 5.97 Å². The molecule has 6 heteroatoms. The number of rotatable bonds is 6. The van der Waals surface area contributed by atoms with Crippen LogP contribution in [0, 0.1) is 11.7 Å². The van der Waals surface area contributed by atoms with E-state index in [0.717, 1.165) is 12.3 Å². The number of aliphatic hydroxyl groups is 1. The summed E-state index contributed by atoms with van der Waals surface area (Å²) in [7, 11) is 0. The first-order valence-electron chi connectivity index (χ1n) is 5.71. The second-order valence-corrected chi connectivity index (χ2v) is 4.52. The van der Waals surface area contributed by atoms with Crippen molar-refractivity contribution in [2.24, 2.45) is 5.92 Å². The fraction of sp³-hybridized carbons (Fsp3) is 0.500. The molecule has 1 unspecified atom stereocenters. The minimum Gasteiger partial charge on any atom is -0.478 e. The van der Waals surface area contributed by atoms with Gasteiger partial charge in [0, 0.05) is 6.54 Å². The maximum atomic E-state index is 12.9. The van der Waals surface area contributed by atoms with E-state index in [4.69, 9.17) is 5.11 Å². The highest BCUT2D eigenvalue weighted by molar-refractivity contribution is 5.93. The standard InChI is InChI=1S/C12H17FN2O3/c1-7(2)3-9(16)6-15-11-10(12(17)18)4-8(13)5-14-11/h4-5,7,9,16H,3,6H2,1-2H3,(H,14,15)(H,17,18). The van der Waals surface area contributed by atoms with Gasteiger partial charge in [-0.05, 0) is 18.4 Å². The lowest BCUT2D eigenvalue weighted by Crippen LogP contribution is -2.22. The molecule has 18 heavy (non-hydrogen) atoms. The molecule has 1 heterocycles. The Labute approximate surface area is 105 Å². The molecule has 0 spiro atoms. The first-order chi connectivity index (χ1) is 8.40. The SMILES string of the molecule is CC(C)CC(O)CNc1ncc(F)cc1C(=O)O. The van der Waals surface area contributed by atoms with Gasteiger partial charge in [-0.15, -0.1) is 0 Å². The van der Waals surface area contributed by atoms with E-state index in [-0.39, 0.29) is 17.9 Å². The number of carboxylic acids is 1. The number of halogens is 1. The summed E-state index contributed by atoms with van der Waals surface area (Å²) in [5.41, 5.74) is -0.244. The summed E-state index contributed by atoms with van der Waals surface area (Å²) < 4.78 is 12.9. The third-order valence-electron chi connectivity index (χ3n) is 2.33. The van der Waals surface area contributed by atoms with Gasteiger partial charge in [-0.25, -0.2) is 14.2 Å². The minimum absolute atomic E-state index is 0.0618. The Kier molecular flexibility index (Phi) is 5.03. The molecular formula is C12H17FN2O3. The van der Waals surface area contributed by atoms with Gasteiger partial charge in [-0.1, -0.05) is 13.8 Å². The highest BCUT2D eigenvalue weighted by Crippen LogP contribution is 2.14. The summed E-state index contributed by atoms with van der Waals surface area (Å²) in [6, 6.07) is 0.895. The first kappa shape index (κ1) is 14.4. The summed E-state index contributed by atoms with van der Waals surface area (Å²) in [6.45, 7) is 4.13. The molecule has 1 atom stereocenters. The molecule has 0 aliphatic rings. The van der Waals surface area contributed by atoms with Crippen LogP contribution < -0.4 is 5.32 Å². The van der Waals surface area contributed by atoms with Crippen LogP contribution in [0.2, 0.25) is 0 Å². The number of aromatic nitrogens is 1. The molecular weight excluding hydrogens is 239 g/mol. The van der Waals surface area contributed by atoms with E-state index in [1.165, 1.54) is 0 Å². The van der Waals surface area contributed by atoms with Crippen LogP contribution in [-0.4, -0.2) is 33.8 Å². The van der Waals surface area contributed by atoms with Gasteiger partial charge in [-0.3, -0.25) is 0 Å². The molecule has 1 rings (SSSR count). The second-order valence-electron chi connectivity index (χ2n) is 4.52. The molecule has 0 aromatic carbocycles. The number of carbonyl (C=O) groups is 1. The van der Waals surface area contributed by atoms with Crippen LogP contribution >= 0.6 is 0 Å². The minimum atomic E-state index is -1.26. The molecule has 0 bridgehead atoms. The van der Waals surface area contributed by atoms with Crippen LogP contribution in [0.3, 0.4) is 0 Å².